The van der Waals surface area contributed by atoms with Crippen molar-refractivity contribution >= 4 is 25.8 Å². The van der Waals surface area contributed by atoms with Gasteiger partial charge in [-0.05, 0) is 23.7 Å². The van der Waals surface area contributed by atoms with Crippen molar-refractivity contribution < 1.29 is 23.5 Å². The first kappa shape index (κ1) is 21.0. The minimum absolute atomic E-state index is 0.0423. The van der Waals surface area contributed by atoms with Crippen LogP contribution in [0.25, 0.3) is 5.53 Å². The zero-order valence-corrected chi connectivity index (χ0v) is 16.7. The van der Waals surface area contributed by atoms with Crippen LogP contribution in [-0.2, 0) is 18.8 Å². The lowest BCUT2D eigenvalue weighted by Crippen LogP contribution is -2.42. The summed E-state index contributed by atoms with van der Waals surface area (Å²) in [4.78, 5) is 26.8. The molecule has 136 valence electrons. The maximum absolute atomic E-state index is 12.4. The minimum Gasteiger partial charge on any atom is -0.460 e. The van der Waals surface area contributed by atoms with Crippen molar-refractivity contribution in [1.29, 1.82) is 0 Å². The number of nitrogens with zero attached hydrogens (tertiary/aromatic N) is 2. The summed E-state index contributed by atoms with van der Waals surface area (Å²) in [7, 11) is -1.04. The Morgan fingerprint density at radius 3 is 2.20 bits per heavy atom. The van der Waals surface area contributed by atoms with Crippen LogP contribution in [0, 0.1) is 0 Å². The molecular formula is C18H26N2O4Si. The molecule has 1 aromatic carbocycles. The summed E-state index contributed by atoms with van der Waals surface area (Å²) in [6.45, 7) is 10.5. The third kappa shape index (κ3) is 5.46. The number of esters is 1. The van der Waals surface area contributed by atoms with Crippen LogP contribution in [-0.4, -0.2) is 37.7 Å². The van der Waals surface area contributed by atoms with Crippen molar-refractivity contribution in [2.24, 2.45) is 0 Å². The van der Waals surface area contributed by atoms with Crippen LogP contribution in [0.3, 0.4) is 0 Å². The van der Waals surface area contributed by atoms with Crippen molar-refractivity contribution in [3.8, 4) is 0 Å². The fourth-order valence-electron chi connectivity index (χ4n) is 2.00. The average Bonchev–Trinajstić information content (AvgIpc) is 2.54. The first-order valence-corrected chi connectivity index (χ1v) is 11.0. The molecule has 0 fully saturated rings. The van der Waals surface area contributed by atoms with Gasteiger partial charge in [-0.25, -0.2) is 4.79 Å². The predicted octanol–water partition coefficient (Wildman–Crippen LogP) is 3.55. The number of methoxy groups -OCH3 is 1. The second kappa shape index (κ2) is 8.34. The zero-order valence-electron chi connectivity index (χ0n) is 15.7. The van der Waals surface area contributed by atoms with E-state index in [0.717, 1.165) is 12.7 Å². The monoisotopic (exact) mass is 362 g/mol. The van der Waals surface area contributed by atoms with Gasteiger partial charge in [-0.2, -0.15) is 4.79 Å². The molecule has 0 aliphatic rings. The Balaban J connectivity index is 3.15. The van der Waals surface area contributed by atoms with Gasteiger partial charge in [0.15, 0.2) is 8.32 Å². The van der Waals surface area contributed by atoms with Crippen molar-refractivity contribution in [3.63, 3.8) is 0 Å². The molecule has 0 saturated carbocycles. The summed E-state index contributed by atoms with van der Waals surface area (Å²) in [6, 6.07) is 9.36. The number of hydrogen-bond donors (Lipinski definition) is 0. The Labute approximate surface area is 149 Å². The quantitative estimate of drug-likeness (QED) is 0.185. The standard InChI is InChI=1S/C18H26N2O4Si/c1-18(2,3)25(5,6)24-15(13-10-8-7-9-11-13)12-14(21)16(20-19)17(22)23-4/h7-11,15H,12H2,1-6H3. The zero-order chi connectivity index (χ0) is 19.3. The van der Waals surface area contributed by atoms with E-state index in [-0.39, 0.29) is 11.5 Å². The molecular weight excluding hydrogens is 336 g/mol. The molecule has 0 spiro atoms. The van der Waals surface area contributed by atoms with E-state index in [2.05, 4.69) is 43.4 Å². The summed E-state index contributed by atoms with van der Waals surface area (Å²) in [5, 5.41) is -0.0423. The topological polar surface area (TPSA) is 89.0 Å². The van der Waals surface area contributed by atoms with Gasteiger partial charge in [0.2, 0.25) is 0 Å². The number of rotatable bonds is 7. The average molecular weight is 363 g/mol. The Bertz CT molecular complexity index is 674. The van der Waals surface area contributed by atoms with Crippen molar-refractivity contribution in [2.75, 3.05) is 7.11 Å². The minimum atomic E-state index is -2.17. The lowest BCUT2D eigenvalue weighted by molar-refractivity contribution is -0.139. The van der Waals surface area contributed by atoms with Crippen molar-refractivity contribution in [1.82, 2.24) is 0 Å². The normalized spacial score (nSPS) is 12.9. The highest BCUT2D eigenvalue weighted by molar-refractivity contribution is 6.74. The van der Waals surface area contributed by atoms with Crippen LogP contribution in [0.1, 0.15) is 38.9 Å². The third-order valence-corrected chi connectivity index (χ3v) is 9.01. The number of Topliss-reactive ketones (excluding diaryl/α,β-unsaturated/α-hetero) is 1. The van der Waals surface area contributed by atoms with E-state index >= 15 is 0 Å². The highest BCUT2D eigenvalue weighted by Gasteiger charge is 2.41. The molecule has 0 aromatic heterocycles. The molecule has 0 saturated heterocycles. The molecule has 6 nitrogen and oxygen atoms in total. The Morgan fingerprint density at radius 2 is 1.76 bits per heavy atom. The third-order valence-electron chi connectivity index (χ3n) is 4.53. The molecule has 1 unspecified atom stereocenters. The lowest BCUT2D eigenvalue weighted by Gasteiger charge is -2.39. The summed E-state index contributed by atoms with van der Waals surface area (Å²) in [5.41, 5.74) is 9.19. The molecule has 25 heavy (non-hydrogen) atoms. The molecule has 0 heterocycles. The highest BCUT2D eigenvalue weighted by Crippen LogP contribution is 2.40. The van der Waals surface area contributed by atoms with Gasteiger partial charge in [0.1, 0.15) is 0 Å². The first-order valence-electron chi connectivity index (χ1n) is 8.10. The summed E-state index contributed by atoms with van der Waals surface area (Å²) >= 11 is 0. The SMILES string of the molecule is COC(=O)C(=[N+]=[N-])C(=O)CC(O[Si](C)(C)C(C)(C)C)c1ccccc1. The van der Waals surface area contributed by atoms with E-state index in [0.29, 0.717) is 0 Å². The maximum atomic E-state index is 12.4. The van der Waals surface area contributed by atoms with E-state index in [9.17, 15) is 9.59 Å². The Morgan fingerprint density at radius 1 is 1.20 bits per heavy atom. The van der Waals surface area contributed by atoms with Crippen LogP contribution in [0.5, 0.6) is 0 Å². The van der Waals surface area contributed by atoms with E-state index in [1.807, 2.05) is 30.3 Å². The molecule has 0 N–H and O–H groups in total. The lowest BCUT2D eigenvalue weighted by atomic mass is 10.0. The second-order valence-electron chi connectivity index (χ2n) is 7.34. The van der Waals surface area contributed by atoms with Crippen LogP contribution in [0.2, 0.25) is 18.1 Å². The van der Waals surface area contributed by atoms with E-state index < -0.39 is 31.9 Å². The Hall–Kier alpha value is -2.08. The molecule has 1 rings (SSSR count). The number of carbonyl (C=O) groups excluding carboxylic acids is 2. The largest absolute Gasteiger partial charge is 0.460 e. The first-order chi connectivity index (χ1) is 11.5. The number of benzene rings is 1. The van der Waals surface area contributed by atoms with Gasteiger partial charge in [0.25, 0.3) is 5.78 Å². The maximum Gasteiger partial charge on any atom is 0.441 e. The van der Waals surface area contributed by atoms with Crippen LogP contribution < -0.4 is 0 Å². The van der Waals surface area contributed by atoms with Crippen molar-refractivity contribution in [2.45, 2.75) is 51.4 Å². The molecule has 0 amide bonds. The fraction of sp³-hybridized carbons (Fsp3) is 0.500. The fourth-order valence-corrected chi connectivity index (χ4v) is 3.28. The van der Waals surface area contributed by atoms with Gasteiger partial charge in [0, 0.05) is 6.42 Å². The second-order valence-corrected chi connectivity index (χ2v) is 12.1. The van der Waals surface area contributed by atoms with Gasteiger partial charge in [0.05, 0.1) is 13.2 Å². The van der Waals surface area contributed by atoms with Crippen LogP contribution in [0.15, 0.2) is 30.3 Å². The van der Waals surface area contributed by atoms with Gasteiger partial charge in [-0.1, -0.05) is 51.1 Å². The molecule has 1 aromatic rings. The number of hydrogen-bond acceptors (Lipinski definition) is 4. The smallest absolute Gasteiger partial charge is 0.441 e. The van der Waals surface area contributed by atoms with Crippen LogP contribution in [0.4, 0.5) is 0 Å². The molecule has 0 radical (unpaired) electrons. The Kier molecular flexibility index (Phi) is 6.99. The van der Waals surface area contributed by atoms with Gasteiger partial charge in [-0.3, -0.25) is 4.79 Å². The van der Waals surface area contributed by atoms with E-state index in [1.165, 1.54) is 0 Å². The number of ether oxygens (including phenoxy) is 1. The van der Waals surface area contributed by atoms with Gasteiger partial charge < -0.3 is 14.7 Å². The van der Waals surface area contributed by atoms with Crippen molar-refractivity contribution in [3.05, 3.63) is 41.4 Å². The highest BCUT2D eigenvalue weighted by atomic mass is 28.4. The van der Waals surface area contributed by atoms with Gasteiger partial charge in [-0.15, -0.1) is 0 Å². The molecule has 0 aliphatic carbocycles. The summed E-state index contributed by atoms with van der Waals surface area (Å²) in [6.07, 6.45) is -0.638. The molecule has 7 heteroatoms. The number of ketones is 1. The summed E-state index contributed by atoms with van der Waals surface area (Å²) in [5.74, 6) is -1.59. The number of carbonyl (C=O) groups is 2. The summed E-state index contributed by atoms with van der Waals surface area (Å²) < 4.78 is 10.9. The molecule has 1 atom stereocenters. The van der Waals surface area contributed by atoms with Gasteiger partial charge >= 0.3 is 11.7 Å². The van der Waals surface area contributed by atoms with E-state index in [1.54, 1.807) is 0 Å². The predicted molar refractivity (Wildman–Crippen MR) is 97.7 cm³/mol. The molecule has 0 bridgehead atoms. The van der Waals surface area contributed by atoms with Crippen LogP contribution >= 0.6 is 0 Å². The molecule has 0 aliphatic heterocycles. The van der Waals surface area contributed by atoms with E-state index in [4.69, 9.17) is 9.96 Å².